The molecule has 17 heavy (non-hydrogen) atoms. The first-order valence-electron chi connectivity index (χ1n) is 5.43. The Bertz CT molecular complexity index is 519. The zero-order valence-electron chi connectivity index (χ0n) is 9.81. The van der Waals surface area contributed by atoms with E-state index in [4.69, 9.17) is 17.3 Å². The predicted molar refractivity (Wildman–Crippen MR) is 71.8 cm³/mol. The van der Waals surface area contributed by atoms with Gasteiger partial charge in [0, 0.05) is 23.3 Å². The van der Waals surface area contributed by atoms with Gasteiger partial charge in [-0.3, -0.25) is 4.68 Å². The minimum Gasteiger partial charge on any atom is -0.397 e. The Hall–Kier alpha value is -1.68. The summed E-state index contributed by atoms with van der Waals surface area (Å²) in [4.78, 5) is 0. The van der Waals surface area contributed by atoms with Gasteiger partial charge in [-0.2, -0.15) is 5.10 Å². The molecule has 1 aromatic carbocycles. The lowest BCUT2D eigenvalue weighted by molar-refractivity contribution is 0.534. The van der Waals surface area contributed by atoms with Gasteiger partial charge in [-0.1, -0.05) is 11.6 Å². The Morgan fingerprint density at radius 3 is 2.76 bits per heavy atom. The van der Waals surface area contributed by atoms with Crippen LogP contribution in [0.5, 0.6) is 0 Å². The summed E-state index contributed by atoms with van der Waals surface area (Å²) in [5.74, 6) is 0.757. The van der Waals surface area contributed by atoms with Crippen molar-refractivity contribution in [1.29, 1.82) is 0 Å². The van der Waals surface area contributed by atoms with Gasteiger partial charge in [0.15, 0.2) is 5.82 Å². The van der Waals surface area contributed by atoms with Gasteiger partial charge >= 0.3 is 0 Å². The molecule has 0 radical (unpaired) electrons. The molecule has 0 aliphatic carbocycles. The van der Waals surface area contributed by atoms with Crippen LogP contribution in [0, 0.1) is 0 Å². The smallest absolute Gasteiger partial charge is 0.152 e. The Morgan fingerprint density at radius 2 is 2.12 bits per heavy atom. The van der Waals surface area contributed by atoms with Gasteiger partial charge in [0.25, 0.3) is 0 Å². The van der Waals surface area contributed by atoms with Crippen LogP contribution in [-0.4, -0.2) is 9.78 Å². The fourth-order valence-corrected chi connectivity index (χ4v) is 1.64. The third-order valence-electron chi connectivity index (χ3n) is 2.42. The molecule has 0 saturated heterocycles. The second kappa shape index (κ2) is 4.67. The van der Waals surface area contributed by atoms with Crippen LogP contribution < -0.4 is 11.1 Å². The zero-order valence-corrected chi connectivity index (χ0v) is 10.6. The highest BCUT2D eigenvalue weighted by molar-refractivity contribution is 6.31. The first-order chi connectivity index (χ1) is 8.06. The summed E-state index contributed by atoms with van der Waals surface area (Å²) >= 11 is 5.92. The third-order valence-corrected chi connectivity index (χ3v) is 2.65. The second-order valence-corrected chi connectivity index (χ2v) is 4.57. The summed E-state index contributed by atoms with van der Waals surface area (Å²) in [6, 6.07) is 7.55. The van der Waals surface area contributed by atoms with E-state index in [0.717, 1.165) is 11.5 Å². The number of aromatic nitrogens is 2. The van der Waals surface area contributed by atoms with Crippen molar-refractivity contribution in [2.75, 3.05) is 11.1 Å². The SMILES string of the molecule is CC(C)n1ccc(Nc2cc(Cl)ccc2N)n1. The topological polar surface area (TPSA) is 55.9 Å². The van der Waals surface area contributed by atoms with Gasteiger partial charge in [-0.25, -0.2) is 0 Å². The van der Waals surface area contributed by atoms with Gasteiger partial charge in [-0.05, 0) is 32.0 Å². The lowest BCUT2D eigenvalue weighted by atomic mass is 10.2. The number of benzene rings is 1. The number of nitrogens with zero attached hydrogens (tertiary/aromatic N) is 2. The first-order valence-corrected chi connectivity index (χ1v) is 5.81. The van der Waals surface area contributed by atoms with Crippen molar-refractivity contribution in [2.24, 2.45) is 0 Å². The Kier molecular flexibility index (Phi) is 3.24. The molecular weight excluding hydrogens is 236 g/mol. The van der Waals surface area contributed by atoms with E-state index in [1.165, 1.54) is 0 Å². The molecule has 0 unspecified atom stereocenters. The molecule has 0 aliphatic heterocycles. The summed E-state index contributed by atoms with van der Waals surface area (Å²) < 4.78 is 1.88. The Balaban J connectivity index is 2.22. The number of nitrogens with two attached hydrogens (primary N) is 1. The van der Waals surface area contributed by atoms with Gasteiger partial charge in [-0.15, -0.1) is 0 Å². The summed E-state index contributed by atoms with van der Waals surface area (Å²) in [5.41, 5.74) is 7.26. The summed E-state index contributed by atoms with van der Waals surface area (Å²) in [6.07, 6.45) is 1.92. The molecule has 3 N–H and O–H groups in total. The van der Waals surface area contributed by atoms with Crippen molar-refractivity contribution < 1.29 is 0 Å². The van der Waals surface area contributed by atoms with E-state index < -0.39 is 0 Å². The standard InChI is InChI=1S/C12H15ClN4/c1-8(2)17-6-5-12(16-17)15-11-7-9(13)3-4-10(11)14/h3-8H,14H2,1-2H3,(H,15,16). The van der Waals surface area contributed by atoms with E-state index in [1.807, 2.05) is 16.9 Å². The molecule has 0 atom stereocenters. The number of halogens is 1. The highest BCUT2D eigenvalue weighted by Gasteiger charge is 2.04. The molecule has 0 bridgehead atoms. The predicted octanol–water partition coefficient (Wildman–Crippen LogP) is 3.44. The molecule has 0 aliphatic rings. The monoisotopic (exact) mass is 250 g/mol. The van der Waals surface area contributed by atoms with E-state index >= 15 is 0 Å². The fourth-order valence-electron chi connectivity index (χ4n) is 1.47. The highest BCUT2D eigenvalue weighted by Crippen LogP contribution is 2.25. The molecule has 1 heterocycles. The lowest BCUT2D eigenvalue weighted by Gasteiger charge is -2.08. The zero-order chi connectivity index (χ0) is 12.4. The summed E-state index contributed by atoms with van der Waals surface area (Å²) in [6.45, 7) is 4.15. The fraction of sp³-hybridized carbons (Fsp3) is 0.250. The Morgan fingerprint density at radius 1 is 1.35 bits per heavy atom. The normalized spacial score (nSPS) is 10.8. The quantitative estimate of drug-likeness (QED) is 0.821. The second-order valence-electron chi connectivity index (χ2n) is 4.13. The number of anilines is 3. The van der Waals surface area contributed by atoms with Crippen LogP contribution in [0.15, 0.2) is 30.5 Å². The van der Waals surface area contributed by atoms with Crippen molar-refractivity contribution in [2.45, 2.75) is 19.9 Å². The minimum atomic E-state index is 0.335. The number of nitrogens with one attached hydrogen (secondary N) is 1. The molecule has 2 aromatic rings. The molecule has 90 valence electrons. The molecule has 4 nitrogen and oxygen atoms in total. The van der Waals surface area contributed by atoms with Crippen LogP contribution in [0.1, 0.15) is 19.9 Å². The van der Waals surface area contributed by atoms with Crippen LogP contribution >= 0.6 is 11.6 Å². The van der Waals surface area contributed by atoms with Crippen LogP contribution in [0.25, 0.3) is 0 Å². The maximum atomic E-state index is 5.92. The van der Waals surface area contributed by atoms with Crippen LogP contribution in [0.2, 0.25) is 5.02 Å². The maximum absolute atomic E-state index is 5.92. The van der Waals surface area contributed by atoms with Gasteiger partial charge in [0.1, 0.15) is 0 Å². The molecule has 0 saturated carbocycles. The maximum Gasteiger partial charge on any atom is 0.152 e. The molecular formula is C12H15ClN4. The van der Waals surface area contributed by atoms with E-state index in [9.17, 15) is 0 Å². The van der Waals surface area contributed by atoms with Crippen LogP contribution in [0.3, 0.4) is 0 Å². The molecule has 5 heteroatoms. The van der Waals surface area contributed by atoms with Crippen molar-refractivity contribution in [3.8, 4) is 0 Å². The van der Waals surface area contributed by atoms with Gasteiger partial charge in [0.05, 0.1) is 11.4 Å². The summed E-state index contributed by atoms with van der Waals surface area (Å²) in [7, 11) is 0. The van der Waals surface area contributed by atoms with E-state index in [0.29, 0.717) is 16.8 Å². The van der Waals surface area contributed by atoms with Gasteiger partial charge in [0.2, 0.25) is 0 Å². The molecule has 0 amide bonds. The van der Waals surface area contributed by atoms with Crippen LogP contribution in [-0.2, 0) is 0 Å². The largest absolute Gasteiger partial charge is 0.397 e. The number of hydrogen-bond acceptors (Lipinski definition) is 3. The number of rotatable bonds is 3. The third kappa shape index (κ3) is 2.71. The van der Waals surface area contributed by atoms with E-state index in [-0.39, 0.29) is 0 Å². The van der Waals surface area contributed by atoms with Gasteiger partial charge < -0.3 is 11.1 Å². The number of hydrogen-bond donors (Lipinski definition) is 2. The lowest BCUT2D eigenvalue weighted by Crippen LogP contribution is -2.02. The molecule has 2 rings (SSSR count). The average molecular weight is 251 g/mol. The van der Waals surface area contributed by atoms with E-state index in [1.54, 1.807) is 18.2 Å². The van der Waals surface area contributed by atoms with Crippen molar-refractivity contribution in [1.82, 2.24) is 9.78 Å². The van der Waals surface area contributed by atoms with Crippen molar-refractivity contribution >= 4 is 28.8 Å². The van der Waals surface area contributed by atoms with Crippen molar-refractivity contribution in [3.63, 3.8) is 0 Å². The molecule has 1 aromatic heterocycles. The van der Waals surface area contributed by atoms with E-state index in [2.05, 4.69) is 24.3 Å². The number of nitrogen functional groups attached to an aromatic ring is 1. The highest BCUT2D eigenvalue weighted by atomic mass is 35.5. The molecule has 0 fully saturated rings. The Labute approximate surface area is 105 Å². The first kappa shape index (κ1) is 11.8. The summed E-state index contributed by atoms with van der Waals surface area (Å²) in [5, 5.41) is 8.17. The molecule has 0 spiro atoms. The average Bonchev–Trinajstić information content (AvgIpc) is 2.72. The van der Waals surface area contributed by atoms with Crippen LogP contribution in [0.4, 0.5) is 17.2 Å². The van der Waals surface area contributed by atoms with Crippen molar-refractivity contribution in [3.05, 3.63) is 35.5 Å². The minimum absolute atomic E-state index is 0.335.